The molecule has 1 unspecified atom stereocenters. The van der Waals surface area contributed by atoms with Crippen LogP contribution in [0.5, 0.6) is 0 Å². The lowest BCUT2D eigenvalue weighted by atomic mass is 10.1. The third kappa shape index (κ3) is 4.70. The average molecular weight is 324 g/mol. The normalized spacial score (nSPS) is 18.4. The summed E-state index contributed by atoms with van der Waals surface area (Å²) < 4.78 is 0. The van der Waals surface area contributed by atoms with Gasteiger partial charge in [0, 0.05) is 43.8 Å². The Morgan fingerprint density at radius 2 is 1.82 bits per heavy atom. The second-order valence-corrected chi connectivity index (χ2v) is 6.65. The van der Waals surface area contributed by atoms with Crippen LogP contribution in [-0.4, -0.2) is 54.0 Å². The van der Waals surface area contributed by atoms with E-state index in [1.54, 1.807) is 0 Å². The van der Waals surface area contributed by atoms with Crippen LogP contribution in [0.25, 0.3) is 0 Å². The summed E-state index contributed by atoms with van der Waals surface area (Å²) in [5.74, 6) is 0.120. The number of benzene rings is 1. The molecular formula is C17H26ClN3O. The highest BCUT2D eigenvalue weighted by atomic mass is 35.5. The number of piperazine rings is 1. The molecule has 4 nitrogen and oxygen atoms in total. The molecule has 0 bridgehead atoms. The van der Waals surface area contributed by atoms with E-state index < -0.39 is 0 Å². The van der Waals surface area contributed by atoms with Crippen LogP contribution in [0.2, 0.25) is 5.02 Å². The highest BCUT2D eigenvalue weighted by Crippen LogP contribution is 2.18. The van der Waals surface area contributed by atoms with Crippen molar-refractivity contribution in [3.05, 3.63) is 34.9 Å². The van der Waals surface area contributed by atoms with Gasteiger partial charge in [0.05, 0.1) is 6.04 Å². The molecule has 22 heavy (non-hydrogen) atoms. The van der Waals surface area contributed by atoms with Crippen LogP contribution in [-0.2, 0) is 11.3 Å². The minimum Gasteiger partial charge on any atom is -0.353 e. The van der Waals surface area contributed by atoms with Crippen LogP contribution < -0.4 is 5.32 Å². The maximum absolute atomic E-state index is 12.1. The van der Waals surface area contributed by atoms with Gasteiger partial charge in [0.2, 0.25) is 5.91 Å². The largest absolute Gasteiger partial charge is 0.353 e. The molecule has 0 saturated carbocycles. The van der Waals surface area contributed by atoms with Crippen molar-refractivity contribution in [1.29, 1.82) is 0 Å². The minimum absolute atomic E-state index is 0.0649. The third-order valence-electron chi connectivity index (χ3n) is 4.12. The quantitative estimate of drug-likeness (QED) is 0.903. The summed E-state index contributed by atoms with van der Waals surface area (Å²) in [5.41, 5.74) is 1.17. The Morgan fingerprint density at radius 1 is 1.18 bits per heavy atom. The van der Waals surface area contributed by atoms with Gasteiger partial charge in [-0.1, -0.05) is 29.8 Å². The van der Waals surface area contributed by atoms with E-state index in [0.29, 0.717) is 0 Å². The van der Waals surface area contributed by atoms with Gasteiger partial charge in [-0.2, -0.15) is 0 Å². The van der Waals surface area contributed by atoms with Crippen LogP contribution in [0, 0.1) is 0 Å². The molecule has 0 radical (unpaired) electrons. The smallest absolute Gasteiger partial charge is 0.237 e. The molecular weight excluding hydrogens is 298 g/mol. The second kappa shape index (κ2) is 7.95. The molecule has 5 heteroatoms. The van der Waals surface area contributed by atoms with Crippen molar-refractivity contribution in [2.45, 2.75) is 39.4 Å². The molecule has 1 aromatic rings. The van der Waals surface area contributed by atoms with Gasteiger partial charge in [-0.05, 0) is 32.4 Å². The van der Waals surface area contributed by atoms with Gasteiger partial charge < -0.3 is 5.32 Å². The topological polar surface area (TPSA) is 35.6 Å². The van der Waals surface area contributed by atoms with E-state index >= 15 is 0 Å². The summed E-state index contributed by atoms with van der Waals surface area (Å²) in [4.78, 5) is 16.7. The van der Waals surface area contributed by atoms with Gasteiger partial charge in [0.1, 0.15) is 0 Å². The molecule has 1 fully saturated rings. The summed E-state index contributed by atoms with van der Waals surface area (Å²) >= 11 is 6.22. The minimum atomic E-state index is -0.0649. The number of carbonyl (C=O) groups excluding carboxylic acids is 1. The molecule has 122 valence electrons. The zero-order valence-corrected chi connectivity index (χ0v) is 14.4. The van der Waals surface area contributed by atoms with Crippen LogP contribution >= 0.6 is 11.6 Å². The van der Waals surface area contributed by atoms with Gasteiger partial charge in [-0.3, -0.25) is 14.6 Å². The fraction of sp³-hybridized carbons (Fsp3) is 0.588. The molecule has 1 saturated heterocycles. The number of rotatable bonds is 5. The third-order valence-corrected chi connectivity index (χ3v) is 4.49. The van der Waals surface area contributed by atoms with E-state index in [4.69, 9.17) is 11.6 Å². The first-order valence-corrected chi connectivity index (χ1v) is 8.35. The van der Waals surface area contributed by atoms with Crippen molar-refractivity contribution in [3.8, 4) is 0 Å². The fourth-order valence-corrected chi connectivity index (χ4v) is 2.94. The molecule has 0 aromatic heterocycles. The van der Waals surface area contributed by atoms with Crippen molar-refractivity contribution < 1.29 is 4.79 Å². The summed E-state index contributed by atoms with van der Waals surface area (Å²) in [5, 5.41) is 3.82. The molecule has 0 aliphatic carbocycles. The SMILES string of the molecule is CC(C)NC(=O)C(C)N1CCN(Cc2ccccc2Cl)CC1. The van der Waals surface area contributed by atoms with Gasteiger partial charge in [-0.15, -0.1) is 0 Å². The molecule has 1 atom stereocenters. The highest BCUT2D eigenvalue weighted by Gasteiger charge is 2.25. The van der Waals surface area contributed by atoms with Crippen molar-refractivity contribution >= 4 is 17.5 Å². The van der Waals surface area contributed by atoms with Crippen molar-refractivity contribution in [3.63, 3.8) is 0 Å². The van der Waals surface area contributed by atoms with Crippen LogP contribution in [0.1, 0.15) is 26.3 Å². The average Bonchev–Trinajstić information content (AvgIpc) is 2.49. The predicted molar refractivity (Wildman–Crippen MR) is 91.0 cm³/mol. The van der Waals surface area contributed by atoms with E-state index in [9.17, 15) is 4.79 Å². The van der Waals surface area contributed by atoms with Gasteiger partial charge in [0.15, 0.2) is 0 Å². The Bertz CT molecular complexity index is 498. The van der Waals surface area contributed by atoms with Gasteiger partial charge in [-0.25, -0.2) is 0 Å². The van der Waals surface area contributed by atoms with E-state index in [0.717, 1.165) is 37.7 Å². The number of halogens is 1. The maximum atomic E-state index is 12.1. The predicted octanol–water partition coefficient (Wildman–Crippen LogP) is 2.37. The maximum Gasteiger partial charge on any atom is 0.237 e. The van der Waals surface area contributed by atoms with Crippen LogP contribution in [0.4, 0.5) is 0 Å². The fourth-order valence-electron chi connectivity index (χ4n) is 2.75. The Kier molecular flexibility index (Phi) is 6.24. The summed E-state index contributed by atoms with van der Waals surface area (Å²) in [6.45, 7) is 10.6. The lowest BCUT2D eigenvalue weighted by molar-refractivity contribution is -0.127. The number of hydrogen-bond donors (Lipinski definition) is 1. The highest BCUT2D eigenvalue weighted by molar-refractivity contribution is 6.31. The molecule has 1 amide bonds. The number of carbonyl (C=O) groups is 1. The van der Waals surface area contributed by atoms with E-state index in [1.807, 2.05) is 39.0 Å². The van der Waals surface area contributed by atoms with E-state index in [1.165, 1.54) is 5.56 Å². The number of amides is 1. The van der Waals surface area contributed by atoms with Gasteiger partial charge >= 0.3 is 0 Å². The molecule has 2 rings (SSSR count). The number of nitrogens with one attached hydrogen (secondary N) is 1. The number of hydrogen-bond acceptors (Lipinski definition) is 3. The first kappa shape index (κ1) is 17.3. The van der Waals surface area contributed by atoms with Crippen LogP contribution in [0.15, 0.2) is 24.3 Å². The second-order valence-electron chi connectivity index (χ2n) is 6.24. The zero-order valence-electron chi connectivity index (χ0n) is 13.7. The van der Waals surface area contributed by atoms with Crippen molar-refractivity contribution in [2.75, 3.05) is 26.2 Å². The van der Waals surface area contributed by atoms with Crippen molar-refractivity contribution in [2.24, 2.45) is 0 Å². The molecule has 1 N–H and O–H groups in total. The first-order chi connectivity index (χ1) is 10.5. The molecule has 1 aliphatic rings. The van der Waals surface area contributed by atoms with E-state index in [2.05, 4.69) is 21.2 Å². The molecule has 1 heterocycles. The summed E-state index contributed by atoms with van der Waals surface area (Å²) in [6, 6.07) is 8.12. The Balaban J connectivity index is 1.83. The van der Waals surface area contributed by atoms with Crippen molar-refractivity contribution in [1.82, 2.24) is 15.1 Å². The summed E-state index contributed by atoms with van der Waals surface area (Å²) in [6.07, 6.45) is 0. The standard InChI is InChI=1S/C17H26ClN3O/c1-13(2)19-17(22)14(3)21-10-8-20(9-11-21)12-15-6-4-5-7-16(15)18/h4-7,13-14H,8-12H2,1-3H3,(H,19,22). The monoisotopic (exact) mass is 323 g/mol. The first-order valence-electron chi connectivity index (χ1n) is 7.97. The Labute approximate surface area is 138 Å². The van der Waals surface area contributed by atoms with Crippen LogP contribution in [0.3, 0.4) is 0 Å². The Hall–Kier alpha value is -1.10. The molecule has 1 aromatic carbocycles. The van der Waals surface area contributed by atoms with E-state index in [-0.39, 0.29) is 18.0 Å². The van der Waals surface area contributed by atoms with Gasteiger partial charge in [0.25, 0.3) is 0 Å². The summed E-state index contributed by atoms with van der Waals surface area (Å²) in [7, 11) is 0. The molecule has 1 aliphatic heterocycles. The zero-order chi connectivity index (χ0) is 16.1. The molecule has 0 spiro atoms. The Morgan fingerprint density at radius 3 is 2.41 bits per heavy atom. The number of nitrogens with zero attached hydrogens (tertiary/aromatic N) is 2. The lowest BCUT2D eigenvalue weighted by Crippen LogP contribution is -2.54. The lowest BCUT2D eigenvalue weighted by Gasteiger charge is -2.37.